The summed E-state index contributed by atoms with van der Waals surface area (Å²) < 4.78 is 7.15. The average molecular weight is 444 g/mol. The average Bonchev–Trinajstić information content (AvgIpc) is 3.29. The van der Waals surface area contributed by atoms with Gasteiger partial charge in [-0.1, -0.05) is 36.4 Å². The summed E-state index contributed by atoms with van der Waals surface area (Å²) in [6.45, 7) is 2.34. The van der Waals surface area contributed by atoms with E-state index in [0.717, 1.165) is 5.69 Å². The van der Waals surface area contributed by atoms with Gasteiger partial charge in [0.05, 0.1) is 23.8 Å². The van der Waals surface area contributed by atoms with Crippen molar-refractivity contribution in [3.8, 4) is 11.8 Å². The van der Waals surface area contributed by atoms with E-state index in [-0.39, 0.29) is 22.8 Å². The summed E-state index contributed by atoms with van der Waals surface area (Å²) in [7, 11) is 0. The summed E-state index contributed by atoms with van der Waals surface area (Å²) in [6, 6.07) is 17.3. The lowest BCUT2D eigenvalue weighted by atomic mass is 10.1. The van der Waals surface area contributed by atoms with E-state index in [0.29, 0.717) is 37.8 Å². The molecule has 0 bridgehead atoms. The molecule has 1 aromatic heterocycles. The molecule has 0 atom stereocenters. The van der Waals surface area contributed by atoms with E-state index in [9.17, 15) is 20.5 Å². The van der Waals surface area contributed by atoms with Crippen molar-refractivity contribution in [2.75, 3.05) is 31.2 Å². The summed E-state index contributed by atoms with van der Waals surface area (Å²) in [6.07, 6.45) is 2.81. The molecule has 1 aliphatic heterocycles. The fraction of sp³-hybridized carbons (Fsp3) is 0.174. The Kier molecular flexibility index (Phi) is 6.43. The van der Waals surface area contributed by atoms with Gasteiger partial charge in [0, 0.05) is 25.2 Å². The first-order valence-electron chi connectivity index (χ1n) is 10.2. The molecule has 0 radical (unpaired) electrons. The number of hydrogen-bond donors (Lipinski definition) is 1. The van der Waals surface area contributed by atoms with Gasteiger partial charge in [-0.2, -0.15) is 5.26 Å². The monoisotopic (exact) mass is 444 g/mol. The minimum Gasteiger partial charge on any atom is -0.506 e. The van der Waals surface area contributed by atoms with Crippen LogP contribution in [0.5, 0.6) is 0 Å². The van der Waals surface area contributed by atoms with Gasteiger partial charge >= 0.3 is 0 Å². The van der Waals surface area contributed by atoms with Gasteiger partial charge in [-0.05, 0) is 23.8 Å². The van der Waals surface area contributed by atoms with Crippen LogP contribution < -0.4 is 4.90 Å². The first-order valence-corrected chi connectivity index (χ1v) is 10.2. The third-order valence-corrected chi connectivity index (χ3v) is 5.06. The molecule has 10 nitrogen and oxygen atoms in total. The van der Waals surface area contributed by atoms with Crippen molar-refractivity contribution >= 4 is 23.3 Å². The highest BCUT2D eigenvalue weighted by Gasteiger charge is 2.24. The lowest BCUT2D eigenvalue weighted by molar-refractivity contribution is -0.384. The molecule has 33 heavy (non-hydrogen) atoms. The first-order chi connectivity index (χ1) is 16.1. The number of benzene rings is 2. The van der Waals surface area contributed by atoms with Gasteiger partial charge in [-0.25, -0.2) is 0 Å². The number of non-ortho nitro benzene ring substituents is 1. The quantitative estimate of drug-likeness (QED) is 0.201. The summed E-state index contributed by atoms with van der Waals surface area (Å²) in [5.41, 5.74) is 1.10. The second kappa shape index (κ2) is 9.76. The maximum absolute atomic E-state index is 11.0. The number of nitriles is 1. The minimum atomic E-state index is -0.497. The van der Waals surface area contributed by atoms with Crippen LogP contribution in [0.25, 0.3) is 17.3 Å². The Labute approximate surface area is 189 Å². The molecule has 166 valence electrons. The van der Waals surface area contributed by atoms with Crippen molar-refractivity contribution in [2.24, 2.45) is 0 Å². The zero-order valence-electron chi connectivity index (χ0n) is 17.5. The SMILES string of the molecule is N#C/C(=C(O)\C=C\c1cccc([N+](=O)[O-])c1)c1nnc(N2CCOCC2)n1-c1ccccc1. The van der Waals surface area contributed by atoms with Gasteiger partial charge in [0.15, 0.2) is 5.82 Å². The van der Waals surface area contributed by atoms with Crippen LogP contribution in [0.1, 0.15) is 11.4 Å². The van der Waals surface area contributed by atoms with Crippen LogP contribution in [-0.4, -0.2) is 51.1 Å². The van der Waals surface area contributed by atoms with Crippen molar-refractivity contribution in [3.05, 3.63) is 87.9 Å². The maximum atomic E-state index is 11.0. The predicted molar refractivity (Wildman–Crippen MR) is 122 cm³/mol. The number of morpholine rings is 1. The highest BCUT2D eigenvalue weighted by Crippen LogP contribution is 2.27. The molecule has 2 heterocycles. The van der Waals surface area contributed by atoms with Gasteiger partial charge in [0.25, 0.3) is 5.69 Å². The molecule has 0 spiro atoms. The fourth-order valence-electron chi connectivity index (χ4n) is 3.44. The number of aromatic nitrogens is 3. The number of nitro benzene ring substituents is 1. The van der Waals surface area contributed by atoms with Crippen LogP contribution in [0.15, 0.2) is 66.4 Å². The normalized spacial score (nSPS) is 14.7. The van der Waals surface area contributed by atoms with Crippen molar-refractivity contribution < 1.29 is 14.8 Å². The number of allylic oxidation sites excluding steroid dienone is 2. The van der Waals surface area contributed by atoms with E-state index >= 15 is 0 Å². The number of nitrogens with zero attached hydrogens (tertiary/aromatic N) is 6. The highest BCUT2D eigenvalue weighted by molar-refractivity contribution is 5.79. The summed E-state index contributed by atoms with van der Waals surface area (Å²) in [5, 5.41) is 40.1. The molecule has 0 aliphatic carbocycles. The molecule has 1 fully saturated rings. The number of nitro groups is 1. The Morgan fingerprint density at radius 1 is 1.15 bits per heavy atom. The van der Waals surface area contributed by atoms with E-state index in [1.165, 1.54) is 24.3 Å². The topological polar surface area (TPSA) is 130 Å². The summed E-state index contributed by atoms with van der Waals surface area (Å²) >= 11 is 0. The first kappa shape index (κ1) is 21.7. The molecule has 1 saturated heterocycles. The van der Waals surface area contributed by atoms with E-state index in [2.05, 4.69) is 10.2 Å². The van der Waals surface area contributed by atoms with Crippen molar-refractivity contribution in [1.82, 2.24) is 14.8 Å². The van der Waals surface area contributed by atoms with Crippen LogP contribution in [0, 0.1) is 21.4 Å². The van der Waals surface area contributed by atoms with Crippen molar-refractivity contribution in [2.45, 2.75) is 0 Å². The molecule has 0 unspecified atom stereocenters. The summed E-state index contributed by atoms with van der Waals surface area (Å²) in [4.78, 5) is 12.5. The summed E-state index contributed by atoms with van der Waals surface area (Å²) in [5.74, 6) is 0.399. The van der Waals surface area contributed by atoms with Gasteiger partial charge in [0.1, 0.15) is 17.4 Å². The molecule has 3 aromatic rings. The number of aliphatic hydroxyl groups excluding tert-OH is 1. The van der Waals surface area contributed by atoms with Gasteiger partial charge in [-0.15, -0.1) is 10.2 Å². The molecular weight excluding hydrogens is 424 g/mol. The Morgan fingerprint density at radius 2 is 1.91 bits per heavy atom. The molecular formula is C23H20N6O4. The van der Waals surface area contributed by atoms with E-state index < -0.39 is 4.92 Å². The van der Waals surface area contributed by atoms with Gasteiger partial charge in [0.2, 0.25) is 5.95 Å². The van der Waals surface area contributed by atoms with Gasteiger partial charge < -0.3 is 14.7 Å². The third-order valence-electron chi connectivity index (χ3n) is 5.06. The molecule has 0 saturated carbocycles. The molecule has 10 heteroatoms. The Morgan fingerprint density at radius 3 is 2.61 bits per heavy atom. The second-order valence-electron chi connectivity index (χ2n) is 7.15. The zero-order valence-corrected chi connectivity index (χ0v) is 17.5. The lowest BCUT2D eigenvalue weighted by Gasteiger charge is -2.28. The minimum absolute atomic E-state index is 0.0694. The second-order valence-corrected chi connectivity index (χ2v) is 7.15. The number of rotatable bonds is 6. The van der Waals surface area contributed by atoms with Crippen LogP contribution >= 0.6 is 0 Å². The van der Waals surface area contributed by atoms with Crippen LogP contribution in [0.2, 0.25) is 0 Å². The fourth-order valence-corrected chi connectivity index (χ4v) is 3.44. The number of para-hydroxylation sites is 1. The lowest BCUT2D eigenvalue weighted by Crippen LogP contribution is -2.38. The largest absolute Gasteiger partial charge is 0.506 e. The number of ether oxygens (including phenoxy) is 1. The Balaban J connectivity index is 1.76. The highest BCUT2D eigenvalue weighted by atomic mass is 16.6. The molecule has 4 rings (SSSR count). The predicted octanol–water partition coefficient (Wildman–Crippen LogP) is 3.52. The number of hydrogen-bond acceptors (Lipinski definition) is 8. The van der Waals surface area contributed by atoms with Gasteiger partial charge in [-0.3, -0.25) is 14.7 Å². The Hall–Kier alpha value is -4.49. The van der Waals surface area contributed by atoms with Crippen molar-refractivity contribution in [3.63, 3.8) is 0 Å². The smallest absolute Gasteiger partial charge is 0.270 e. The van der Waals surface area contributed by atoms with E-state index in [4.69, 9.17) is 4.74 Å². The number of anilines is 1. The third kappa shape index (κ3) is 4.73. The van der Waals surface area contributed by atoms with Crippen LogP contribution in [0.4, 0.5) is 11.6 Å². The van der Waals surface area contributed by atoms with Crippen LogP contribution in [-0.2, 0) is 4.74 Å². The van der Waals surface area contributed by atoms with E-state index in [1.807, 2.05) is 41.3 Å². The standard InChI is InChI=1S/C23H20N6O4/c24-16-20(21(30)10-9-17-5-4-8-19(15-17)29(31)32)22-25-26-23(27-11-13-33-14-12-27)28(22)18-6-2-1-3-7-18/h1-10,15,30H,11-14H2/b10-9+,21-20-. The van der Waals surface area contributed by atoms with Crippen molar-refractivity contribution in [1.29, 1.82) is 5.26 Å². The Bertz CT molecular complexity index is 1250. The van der Waals surface area contributed by atoms with Crippen LogP contribution in [0.3, 0.4) is 0 Å². The molecule has 1 aliphatic rings. The number of aliphatic hydroxyl groups is 1. The maximum Gasteiger partial charge on any atom is 0.270 e. The molecule has 0 amide bonds. The molecule has 1 N–H and O–H groups in total. The van der Waals surface area contributed by atoms with E-state index in [1.54, 1.807) is 16.7 Å². The zero-order chi connectivity index (χ0) is 23.2. The molecule has 2 aromatic carbocycles.